The van der Waals surface area contributed by atoms with Crippen molar-refractivity contribution < 1.29 is 9.59 Å². The van der Waals surface area contributed by atoms with E-state index in [1.54, 1.807) is 42.6 Å². The zero-order valence-electron chi connectivity index (χ0n) is 14.7. The van der Waals surface area contributed by atoms with Gasteiger partial charge in [-0.05, 0) is 55.0 Å². The normalized spacial score (nSPS) is 10.3. The summed E-state index contributed by atoms with van der Waals surface area (Å²) in [5.74, 6) is -0.348. The summed E-state index contributed by atoms with van der Waals surface area (Å²) in [5.41, 5.74) is 3.21. The number of aromatic nitrogens is 1. The Morgan fingerprint density at radius 1 is 1.00 bits per heavy atom. The van der Waals surface area contributed by atoms with E-state index in [1.807, 2.05) is 24.3 Å². The largest absolute Gasteiger partial charge is 0.381 e. The monoisotopic (exact) mass is 379 g/mol. The fourth-order valence-corrected chi connectivity index (χ4v) is 2.69. The Bertz CT molecular complexity index is 971. The van der Waals surface area contributed by atoms with Crippen LogP contribution in [-0.2, 0) is 6.54 Å². The van der Waals surface area contributed by atoms with E-state index in [-0.39, 0.29) is 17.4 Å². The van der Waals surface area contributed by atoms with E-state index in [0.29, 0.717) is 22.8 Å². The predicted octanol–water partition coefficient (Wildman–Crippen LogP) is 4.80. The minimum Gasteiger partial charge on any atom is -0.381 e. The molecule has 0 bridgehead atoms. The Hall–Kier alpha value is -3.18. The number of halogens is 1. The van der Waals surface area contributed by atoms with Gasteiger partial charge in [0.05, 0.1) is 0 Å². The minimum absolute atomic E-state index is 0.0214. The molecule has 2 aromatic carbocycles. The number of hydrogen-bond donors (Lipinski definition) is 2. The first kappa shape index (κ1) is 18.6. The van der Waals surface area contributed by atoms with Gasteiger partial charge in [0.1, 0.15) is 5.69 Å². The maximum atomic E-state index is 12.4. The number of anilines is 2. The number of benzene rings is 2. The van der Waals surface area contributed by atoms with Crippen LogP contribution >= 0.6 is 11.6 Å². The van der Waals surface area contributed by atoms with Gasteiger partial charge in [-0.25, -0.2) is 0 Å². The Kier molecular flexibility index (Phi) is 5.84. The van der Waals surface area contributed by atoms with Crippen molar-refractivity contribution in [3.05, 3.63) is 88.7 Å². The van der Waals surface area contributed by atoms with Crippen LogP contribution in [0, 0.1) is 0 Å². The average Bonchev–Trinajstić information content (AvgIpc) is 2.68. The average molecular weight is 380 g/mol. The highest BCUT2D eigenvalue weighted by Crippen LogP contribution is 2.18. The van der Waals surface area contributed by atoms with E-state index in [2.05, 4.69) is 15.6 Å². The topological polar surface area (TPSA) is 71.1 Å². The molecule has 136 valence electrons. The third kappa shape index (κ3) is 4.92. The number of rotatable bonds is 6. The van der Waals surface area contributed by atoms with Crippen molar-refractivity contribution in [1.82, 2.24) is 4.98 Å². The molecule has 0 fully saturated rings. The van der Waals surface area contributed by atoms with E-state index in [0.717, 1.165) is 11.3 Å². The van der Waals surface area contributed by atoms with E-state index in [1.165, 1.54) is 6.92 Å². The second-order valence-corrected chi connectivity index (χ2v) is 6.37. The highest BCUT2D eigenvalue weighted by Gasteiger charge is 2.09. The van der Waals surface area contributed by atoms with Gasteiger partial charge in [0, 0.05) is 34.7 Å². The molecule has 0 unspecified atom stereocenters. The molecule has 6 heteroatoms. The van der Waals surface area contributed by atoms with Crippen molar-refractivity contribution in [2.24, 2.45) is 0 Å². The summed E-state index contributed by atoms with van der Waals surface area (Å²) in [7, 11) is 0. The number of carbonyl (C=O) groups is 2. The molecule has 3 rings (SSSR count). The summed E-state index contributed by atoms with van der Waals surface area (Å²) in [4.78, 5) is 27.9. The number of amides is 1. The quantitative estimate of drug-likeness (QED) is 0.603. The van der Waals surface area contributed by atoms with Crippen molar-refractivity contribution in [1.29, 1.82) is 0 Å². The number of carbonyl (C=O) groups excluding carboxylic acids is 2. The van der Waals surface area contributed by atoms with Crippen LogP contribution in [0.5, 0.6) is 0 Å². The molecule has 5 nitrogen and oxygen atoms in total. The molecule has 0 saturated heterocycles. The molecule has 27 heavy (non-hydrogen) atoms. The Labute approximate surface area is 162 Å². The van der Waals surface area contributed by atoms with Gasteiger partial charge in [0.2, 0.25) is 0 Å². The van der Waals surface area contributed by atoms with Gasteiger partial charge in [-0.3, -0.25) is 14.6 Å². The molecule has 1 heterocycles. The fraction of sp³-hybridized carbons (Fsp3) is 0.0952. The van der Waals surface area contributed by atoms with Gasteiger partial charge >= 0.3 is 0 Å². The lowest BCUT2D eigenvalue weighted by molar-refractivity contribution is 0.101. The molecule has 1 aromatic heterocycles. The zero-order valence-corrected chi connectivity index (χ0v) is 15.5. The molecule has 0 aliphatic rings. The Morgan fingerprint density at radius 2 is 1.74 bits per heavy atom. The number of nitrogens with zero attached hydrogens (tertiary/aromatic N) is 1. The lowest BCUT2D eigenvalue weighted by Gasteiger charge is -2.10. The molecule has 0 spiro atoms. The van der Waals surface area contributed by atoms with Crippen LogP contribution in [0.15, 0.2) is 66.9 Å². The number of pyridine rings is 1. The SMILES string of the molecule is CC(=O)c1ccc(NC(=O)c2cc(NCc3ccccc3Cl)ccn2)cc1. The maximum absolute atomic E-state index is 12.4. The third-order valence-corrected chi connectivity index (χ3v) is 4.35. The maximum Gasteiger partial charge on any atom is 0.274 e. The molecular weight excluding hydrogens is 362 g/mol. The Balaban J connectivity index is 1.66. The number of nitrogens with one attached hydrogen (secondary N) is 2. The molecule has 2 N–H and O–H groups in total. The molecule has 0 radical (unpaired) electrons. The lowest BCUT2D eigenvalue weighted by atomic mass is 10.1. The van der Waals surface area contributed by atoms with E-state index in [4.69, 9.17) is 11.6 Å². The fourth-order valence-electron chi connectivity index (χ4n) is 2.49. The molecule has 0 aliphatic heterocycles. The molecular formula is C21H18ClN3O2. The van der Waals surface area contributed by atoms with Gasteiger partial charge in [-0.15, -0.1) is 0 Å². The Morgan fingerprint density at radius 3 is 2.44 bits per heavy atom. The minimum atomic E-state index is -0.327. The van der Waals surface area contributed by atoms with Crippen LogP contribution in [0.3, 0.4) is 0 Å². The van der Waals surface area contributed by atoms with Crippen molar-refractivity contribution >= 4 is 34.7 Å². The third-order valence-electron chi connectivity index (χ3n) is 3.98. The highest BCUT2D eigenvalue weighted by molar-refractivity contribution is 6.31. The second kappa shape index (κ2) is 8.47. The van der Waals surface area contributed by atoms with E-state index < -0.39 is 0 Å². The van der Waals surface area contributed by atoms with Crippen LogP contribution < -0.4 is 10.6 Å². The predicted molar refractivity (Wildman–Crippen MR) is 107 cm³/mol. The number of hydrogen-bond acceptors (Lipinski definition) is 4. The van der Waals surface area contributed by atoms with Crippen LogP contribution in [0.1, 0.15) is 33.3 Å². The summed E-state index contributed by atoms with van der Waals surface area (Å²) < 4.78 is 0. The lowest BCUT2D eigenvalue weighted by Crippen LogP contribution is -2.14. The summed E-state index contributed by atoms with van der Waals surface area (Å²) in [6.07, 6.45) is 1.57. The van der Waals surface area contributed by atoms with Crippen molar-refractivity contribution in [3.8, 4) is 0 Å². The molecule has 0 saturated carbocycles. The first-order valence-corrected chi connectivity index (χ1v) is 8.76. The number of ketones is 1. The summed E-state index contributed by atoms with van der Waals surface area (Å²) >= 11 is 6.16. The van der Waals surface area contributed by atoms with Crippen LogP contribution in [0.25, 0.3) is 0 Å². The zero-order chi connectivity index (χ0) is 19.2. The van der Waals surface area contributed by atoms with Crippen LogP contribution in [0.2, 0.25) is 5.02 Å². The van der Waals surface area contributed by atoms with Gasteiger partial charge in [0.25, 0.3) is 5.91 Å². The van der Waals surface area contributed by atoms with Gasteiger partial charge in [-0.2, -0.15) is 0 Å². The molecule has 3 aromatic rings. The van der Waals surface area contributed by atoms with Gasteiger partial charge < -0.3 is 10.6 Å². The molecule has 1 amide bonds. The second-order valence-electron chi connectivity index (χ2n) is 5.96. The van der Waals surface area contributed by atoms with E-state index in [9.17, 15) is 9.59 Å². The van der Waals surface area contributed by atoms with Crippen molar-refractivity contribution in [2.45, 2.75) is 13.5 Å². The first-order chi connectivity index (χ1) is 13.0. The van der Waals surface area contributed by atoms with Crippen LogP contribution in [-0.4, -0.2) is 16.7 Å². The van der Waals surface area contributed by atoms with Crippen molar-refractivity contribution in [2.75, 3.05) is 10.6 Å². The van der Waals surface area contributed by atoms with E-state index >= 15 is 0 Å². The standard InChI is InChI=1S/C21H18ClN3O2/c1-14(26)15-6-8-17(9-7-15)25-21(27)20-12-18(10-11-23-20)24-13-16-4-2-3-5-19(16)22/h2-12H,13H2,1H3,(H,23,24)(H,25,27). The smallest absolute Gasteiger partial charge is 0.274 e. The summed E-state index contributed by atoms with van der Waals surface area (Å²) in [5, 5.41) is 6.70. The number of Topliss-reactive ketones (excluding diaryl/α,β-unsaturated/α-hetero) is 1. The summed E-state index contributed by atoms with van der Waals surface area (Å²) in [6, 6.07) is 17.8. The molecule has 0 atom stereocenters. The van der Waals surface area contributed by atoms with Crippen molar-refractivity contribution in [3.63, 3.8) is 0 Å². The van der Waals surface area contributed by atoms with Gasteiger partial charge in [-0.1, -0.05) is 29.8 Å². The summed E-state index contributed by atoms with van der Waals surface area (Å²) in [6.45, 7) is 2.04. The van der Waals surface area contributed by atoms with Crippen LogP contribution in [0.4, 0.5) is 11.4 Å². The first-order valence-electron chi connectivity index (χ1n) is 8.38. The van der Waals surface area contributed by atoms with Gasteiger partial charge in [0.15, 0.2) is 5.78 Å². The highest BCUT2D eigenvalue weighted by atomic mass is 35.5. The molecule has 0 aliphatic carbocycles.